The maximum absolute atomic E-state index is 14.4. The van der Waals surface area contributed by atoms with Crippen LogP contribution in [0.2, 0.25) is 5.02 Å². The maximum atomic E-state index is 14.4. The van der Waals surface area contributed by atoms with Gasteiger partial charge >= 0.3 is 6.18 Å². The normalized spacial score (nSPS) is 15.8. The summed E-state index contributed by atoms with van der Waals surface area (Å²) in [6.45, 7) is 2.62. The lowest BCUT2D eigenvalue weighted by atomic mass is 10.1. The van der Waals surface area contributed by atoms with Gasteiger partial charge in [0.25, 0.3) is 5.91 Å². The summed E-state index contributed by atoms with van der Waals surface area (Å²) in [6, 6.07) is 4.34. The van der Waals surface area contributed by atoms with Crippen LogP contribution in [0.4, 0.5) is 28.5 Å². The molecule has 1 fully saturated rings. The number of nitrogens with one attached hydrogen (secondary N) is 2. The van der Waals surface area contributed by atoms with Gasteiger partial charge in [-0.25, -0.2) is 14.4 Å². The molecule has 7 nitrogen and oxygen atoms in total. The number of alkyl halides is 3. The van der Waals surface area contributed by atoms with Crippen molar-refractivity contribution >= 4 is 45.7 Å². The first-order chi connectivity index (χ1) is 16.5. The van der Waals surface area contributed by atoms with Crippen LogP contribution in [0.1, 0.15) is 29.3 Å². The fraction of sp³-hybridized carbons (Fsp3) is 0.273. The standard InChI is InChI=1S/C22H18ClF4N5O2S/c1-11(33)29-13-5-6-32(9-13)19-16(23)7-12(8-28-19)20(34)31-21-30-17(10-35-21)14-3-2-4-15(18(14)24)22(25,26)27/h2-4,7-8,10,13H,5-6,9H2,1H3,(H,29,33)(H,30,31,34). The number of nitrogens with zero attached hydrogens (tertiary/aromatic N) is 3. The molecule has 35 heavy (non-hydrogen) atoms. The number of carbonyl (C=O) groups is 2. The summed E-state index contributed by atoms with van der Waals surface area (Å²) >= 11 is 7.28. The molecule has 1 unspecified atom stereocenters. The van der Waals surface area contributed by atoms with Gasteiger partial charge < -0.3 is 10.2 Å². The van der Waals surface area contributed by atoms with E-state index in [9.17, 15) is 27.2 Å². The number of halogens is 5. The average molecular weight is 528 g/mol. The highest BCUT2D eigenvalue weighted by molar-refractivity contribution is 7.14. The van der Waals surface area contributed by atoms with E-state index in [-0.39, 0.29) is 38.9 Å². The molecule has 2 amide bonds. The first-order valence-electron chi connectivity index (χ1n) is 10.3. The number of rotatable bonds is 5. The van der Waals surface area contributed by atoms with Gasteiger partial charge in [0, 0.05) is 43.2 Å². The van der Waals surface area contributed by atoms with Crippen molar-refractivity contribution in [2.45, 2.75) is 25.6 Å². The van der Waals surface area contributed by atoms with Gasteiger partial charge in [-0.15, -0.1) is 11.3 Å². The van der Waals surface area contributed by atoms with Gasteiger partial charge in [-0.1, -0.05) is 17.7 Å². The van der Waals surface area contributed by atoms with Crippen LogP contribution in [-0.4, -0.2) is 40.9 Å². The van der Waals surface area contributed by atoms with Crippen molar-refractivity contribution in [3.63, 3.8) is 0 Å². The first-order valence-corrected chi connectivity index (χ1v) is 11.6. The Morgan fingerprint density at radius 3 is 2.74 bits per heavy atom. The third kappa shape index (κ3) is 5.54. The second kappa shape index (κ2) is 9.78. The number of hydrogen-bond donors (Lipinski definition) is 2. The van der Waals surface area contributed by atoms with E-state index in [2.05, 4.69) is 20.6 Å². The number of hydrogen-bond acceptors (Lipinski definition) is 6. The summed E-state index contributed by atoms with van der Waals surface area (Å²) in [5, 5.41) is 7.03. The number of pyridine rings is 1. The van der Waals surface area contributed by atoms with E-state index in [1.807, 2.05) is 4.90 Å². The zero-order valence-electron chi connectivity index (χ0n) is 18.1. The third-order valence-electron chi connectivity index (χ3n) is 5.28. The number of amides is 2. The summed E-state index contributed by atoms with van der Waals surface area (Å²) in [6.07, 6.45) is -2.77. The van der Waals surface area contributed by atoms with Gasteiger partial charge in [0.2, 0.25) is 5.91 Å². The van der Waals surface area contributed by atoms with E-state index < -0.39 is 23.5 Å². The molecule has 1 aliphatic rings. The van der Waals surface area contributed by atoms with Gasteiger partial charge in [0.1, 0.15) is 11.6 Å². The second-order valence-electron chi connectivity index (χ2n) is 7.82. The van der Waals surface area contributed by atoms with E-state index in [1.165, 1.54) is 30.6 Å². The quantitative estimate of drug-likeness (QED) is 0.457. The van der Waals surface area contributed by atoms with E-state index in [1.54, 1.807) is 0 Å². The Hall–Kier alpha value is -3.25. The molecule has 0 radical (unpaired) electrons. The zero-order chi connectivity index (χ0) is 25.3. The zero-order valence-corrected chi connectivity index (χ0v) is 19.7. The van der Waals surface area contributed by atoms with Gasteiger partial charge in [-0.2, -0.15) is 13.2 Å². The van der Waals surface area contributed by atoms with Gasteiger partial charge in [-0.3, -0.25) is 14.9 Å². The highest BCUT2D eigenvalue weighted by Crippen LogP contribution is 2.36. The summed E-state index contributed by atoms with van der Waals surface area (Å²) in [4.78, 5) is 34.1. The van der Waals surface area contributed by atoms with E-state index in [0.717, 1.165) is 23.8 Å². The van der Waals surface area contributed by atoms with Gasteiger partial charge in [0.15, 0.2) is 5.13 Å². The Kier molecular flexibility index (Phi) is 6.95. The highest BCUT2D eigenvalue weighted by Gasteiger charge is 2.35. The minimum Gasteiger partial charge on any atom is -0.353 e. The van der Waals surface area contributed by atoms with Crippen LogP contribution in [0.15, 0.2) is 35.8 Å². The molecule has 1 aromatic carbocycles. The molecule has 0 aliphatic carbocycles. The Morgan fingerprint density at radius 2 is 2.06 bits per heavy atom. The lowest BCUT2D eigenvalue weighted by Gasteiger charge is -2.19. The maximum Gasteiger partial charge on any atom is 0.419 e. The van der Waals surface area contributed by atoms with E-state index in [4.69, 9.17) is 11.6 Å². The predicted molar refractivity (Wildman–Crippen MR) is 124 cm³/mol. The summed E-state index contributed by atoms with van der Waals surface area (Å²) < 4.78 is 53.4. The van der Waals surface area contributed by atoms with Crippen molar-refractivity contribution < 1.29 is 27.2 Å². The minimum absolute atomic E-state index is 0.0193. The fourth-order valence-electron chi connectivity index (χ4n) is 3.72. The molecule has 3 aromatic rings. The van der Waals surface area contributed by atoms with Crippen LogP contribution >= 0.6 is 22.9 Å². The highest BCUT2D eigenvalue weighted by atomic mass is 35.5. The molecule has 1 saturated heterocycles. The molecular formula is C22H18ClF4N5O2S. The fourth-order valence-corrected chi connectivity index (χ4v) is 4.71. The molecule has 4 rings (SSSR count). The summed E-state index contributed by atoms with van der Waals surface area (Å²) in [7, 11) is 0. The predicted octanol–water partition coefficient (Wildman–Crippen LogP) is 4.98. The van der Waals surface area contributed by atoms with Crippen LogP contribution in [0, 0.1) is 5.82 Å². The van der Waals surface area contributed by atoms with Crippen LogP contribution < -0.4 is 15.5 Å². The Bertz CT molecular complexity index is 1280. The van der Waals surface area contributed by atoms with Crippen molar-refractivity contribution in [2.75, 3.05) is 23.3 Å². The Balaban J connectivity index is 1.46. The average Bonchev–Trinajstić information content (AvgIpc) is 3.42. The lowest BCUT2D eigenvalue weighted by molar-refractivity contribution is -0.139. The summed E-state index contributed by atoms with van der Waals surface area (Å²) in [5.41, 5.74) is -1.62. The molecule has 2 aromatic heterocycles. The topological polar surface area (TPSA) is 87.2 Å². The molecule has 1 aliphatic heterocycles. The summed E-state index contributed by atoms with van der Waals surface area (Å²) in [5.74, 6) is -1.66. The molecule has 0 spiro atoms. The molecule has 0 saturated carbocycles. The van der Waals surface area contributed by atoms with Crippen LogP contribution in [0.5, 0.6) is 0 Å². The molecule has 184 valence electrons. The molecule has 2 N–H and O–H groups in total. The van der Waals surface area contributed by atoms with Crippen molar-refractivity contribution in [3.8, 4) is 11.3 Å². The monoisotopic (exact) mass is 527 g/mol. The molecule has 13 heteroatoms. The third-order valence-corrected chi connectivity index (χ3v) is 6.32. The van der Waals surface area contributed by atoms with Crippen LogP contribution in [-0.2, 0) is 11.0 Å². The number of aromatic nitrogens is 2. The Morgan fingerprint density at radius 1 is 1.29 bits per heavy atom. The van der Waals surface area contributed by atoms with Gasteiger partial charge in [0.05, 0.1) is 21.8 Å². The van der Waals surface area contributed by atoms with Crippen molar-refractivity contribution in [3.05, 3.63) is 57.8 Å². The number of thiazole rings is 1. The van der Waals surface area contributed by atoms with Crippen molar-refractivity contribution in [1.29, 1.82) is 0 Å². The van der Waals surface area contributed by atoms with E-state index in [0.29, 0.717) is 25.0 Å². The van der Waals surface area contributed by atoms with Crippen LogP contribution in [0.25, 0.3) is 11.3 Å². The molecule has 0 bridgehead atoms. The molecule has 1 atom stereocenters. The largest absolute Gasteiger partial charge is 0.419 e. The molecule has 3 heterocycles. The van der Waals surface area contributed by atoms with Gasteiger partial charge in [-0.05, 0) is 24.6 Å². The smallest absolute Gasteiger partial charge is 0.353 e. The minimum atomic E-state index is -4.84. The lowest BCUT2D eigenvalue weighted by Crippen LogP contribution is -2.35. The van der Waals surface area contributed by atoms with Crippen LogP contribution in [0.3, 0.4) is 0 Å². The second-order valence-corrected chi connectivity index (χ2v) is 9.08. The Labute approximate surface area is 206 Å². The van der Waals surface area contributed by atoms with Crippen molar-refractivity contribution in [2.24, 2.45) is 0 Å². The number of benzene rings is 1. The first kappa shape index (κ1) is 24.9. The SMILES string of the molecule is CC(=O)NC1CCN(c2ncc(C(=O)Nc3nc(-c4cccc(C(F)(F)F)c4F)cs3)cc2Cl)C1. The molecular weight excluding hydrogens is 510 g/mol. The number of carbonyl (C=O) groups excluding carboxylic acids is 2. The number of anilines is 2. The van der Waals surface area contributed by atoms with Crippen molar-refractivity contribution in [1.82, 2.24) is 15.3 Å². The van der Waals surface area contributed by atoms with E-state index >= 15 is 0 Å².